The van der Waals surface area contributed by atoms with Crippen LogP contribution < -0.4 is 5.32 Å². The molecule has 2 rings (SSSR count). The molecule has 2 fully saturated rings. The molecule has 1 aliphatic carbocycles. The summed E-state index contributed by atoms with van der Waals surface area (Å²) >= 11 is 0. The molecule has 1 amide bonds. The minimum absolute atomic E-state index is 0.100. The zero-order valence-corrected chi connectivity index (χ0v) is 12.7. The standard InChI is InChI=1S/C15H26N2O3/c1-10-6-11(9-15(2,3)8-10)17-5-4-16-14(20)12(17)7-13(18)19/h10-12H,4-9H2,1-3H3,(H,16,20)(H,18,19). The average Bonchev–Trinajstić information content (AvgIpc) is 2.28. The van der Waals surface area contributed by atoms with Gasteiger partial charge in [-0.05, 0) is 30.6 Å². The summed E-state index contributed by atoms with van der Waals surface area (Å²) in [5, 5.41) is 11.8. The molecule has 1 heterocycles. The molecule has 0 radical (unpaired) electrons. The number of carboxylic acids is 1. The van der Waals surface area contributed by atoms with Gasteiger partial charge in [-0.3, -0.25) is 14.5 Å². The van der Waals surface area contributed by atoms with Crippen molar-refractivity contribution < 1.29 is 14.7 Å². The SMILES string of the molecule is CC1CC(N2CCNC(=O)C2CC(=O)O)CC(C)(C)C1. The summed E-state index contributed by atoms with van der Waals surface area (Å²) in [5.41, 5.74) is 0.268. The van der Waals surface area contributed by atoms with Crippen molar-refractivity contribution in [3.8, 4) is 0 Å². The van der Waals surface area contributed by atoms with Gasteiger partial charge in [0.05, 0.1) is 12.5 Å². The lowest BCUT2D eigenvalue weighted by Crippen LogP contribution is -2.60. The van der Waals surface area contributed by atoms with E-state index in [9.17, 15) is 9.59 Å². The average molecular weight is 282 g/mol. The van der Waals surface area contributed by atoms with Gasteiger partial charge in [-0.2, -0.15) is 0 Å². The van der Waals surface area contributed by atoms with Crippen LogP contribution in [0.25, 0.3) is 0 Å². The number of piperazine rings is 1. The van der Waals surface area contributed by atoms with Crippen LogP contribution in [-0.2, 0) is 9.59 Å². The topological polar surface area (TPSA) is 69.6 Å². The normalized spacial score (nSPS) is 34.5. The first kappa shape index (κ1) is 15.3. The molecule has 0 aromatic carbocycles. The van der Waals surface area contributed by atoms with Crippen LogP contribution >= 0.6 is 0 Å². The van der Waals surface area contributed by atoms with E-state index in [1.54, 1.807) is 0 Å². The Morgan fingerprint density at radius 3 is 2.75 bits per heavy atom. The highest BCUT2D eigenvalue weighted by molar-refractivity contribution is 5.86. The van der Waals surface area contributed by atoms with Crippen LogP contribution in [0, 0.1) is 11.3 Å². The van der Waals surface area contributed by atoms with Crippen molar-refractivity contribution in [3.63, 3.8) is 0 Å². The second-order valence-electron chi connectivity index (χ2n) is 7.21. The second kappa shape index (κ2) is 5.72. The number of nitrogens with one attached hydrogen (secondary N) is 1. The Hall–Kier alpha value is -1.10. The highest BCUT2D eigenvalue weighted by Crippen LogP contribution is 2.41. The van der Waals surface area contributed by atoms with Crippen molar-refractivity contribution in [1.82, 2.24) is 10.2 Å². The summed E-state index contributed by atoms with van der Waals surface area (Å²) in [6, 6.07) is -0.184. The van der Waals surface area contributed by atoms with Crippen LogP contribution in [0.4, 0.5) is 0 Å². The van der Waals surface area contributed by atoms with Crippen molar-refractivity contribution >= 4 is 11.9 Å². The van der Waals surface area contributed by atoms with Crippen LogP contribution in [0.2, 0.25) is 0 Å². The first-order valence-corrected chi connectivity index (χ1v) is 7.54. The number of carbonyl (C=O) groups is 2. The summed E-state index contributed by atoms with van der Waals surface area (Å²) in [5.74, 6) is -0.408. The van der Waals surface area contributed by atoms with Gasteiger partial charge in [0.1, 0.15) is 0 Å². The first-order valence-electron chi connectivity index (χ1n) is 7.54. The molecule has 3 atom stereocenters. The van der Waals surface area contributed by atoms with Crippen LogP contribution in [0.1, 0.15) is 46.5 Å². The third-order valence-corrected chi connectivity index (χ3v) is 4.57. The summed E-state index contributed by atoms with van der Waals surface area (Å²) in [6.45, 7) is 8.18. The van der Waals surface area contributed by atoms with Gasteiger partial charge in [-0.1, -0.05) is 20.8 Å². The molecular weight excluding hydrogens is 256 g/mol. The predicted octanol–water partition coefficient (Wildman–Crippen LogP) is 1.48. The molecule has 1 saturated heterocycles. The molecule has 2 aliphatic rings. The highest BCUT2D eigenvalue weighted by Gasteiger charge is 2.41. The zero-order chi connectivity index (χ0) is 14.9. The molecule has 1 aliphatic heterocycles. The number of amides is 1. The summed E-state index contributed by atoms with van der Waals surface area (Å²) in [6.07, 6.45) is 3.21. The molecule has 0 aromatic heterocycles. The van der Waals surface area contributed by atoms with E-state index in [0.29, 0.717) is 18.5 Å². The van der Waals surface area contributed by atoms with E-state index in [0.717, 1.165) is 19.4 Å². The molecule has 20 heavy (non-hydrogen) atoms. The van der Waals surface area contributed by atoms with Gasteiger partial charge in [0.15, 0.2) is 0 Å². The Morgan fingerprint density at radius 1 is 1.45 bits per heavy atom. The van der Waals surface area contributed by atoms with Gasteiger partial charge < -0.3 is 10.4 Å². The van der Waals surface area contributed by atoms with Gasteiger partial charge in [0.2, 0.25) is 5.91 Å². The minimum Gasteiger partial charge on any atom is -0.481 e. The molecule has 0 bridgehead atoms. The van der Waals surface area contributed by atoms with Crippen LogP contribution in [0.15, 0.2) is 0 Å². The number of hydrogen-bond acceptors (Lipinski definition) is 3. The van der Waals surface area contributed by atoms with E-state index in [-0.39, 0.29) is 17.7 Å². The number of nitrogens with zero attached hydrogens (tertiary/aromatic N) is 1. The number of aliphatic carboxylic acids is 1. The number of carbonyl (C=O) groups excluding carboxylic acids is 1. The molecule has 1 saturated carbocycles. The molecule has 5 nitrogen and oxygen atoms in total. The maximum atomic E-state index is 12.0. The molecule has 0 spiro atoms. The van der Waals surface area contributed by atoms with Crippen molar-refractivity contribution in [3.05, 3.63) is 0 Å². The van der Waals surface area contributed by atoms with E-state index < -0.39 is 12.0 Å². The lowest BCUT2D eigenvalue weighted by molar-refractivity contribution is -0.144. The summed E-state index contributed by atoms with van der Waals surface area (Å²) in [4.78, 5) is 25.2. The zero-order valence-electron chi connectivity index (χ0n) is 12.7. The van der Waals surface area contributed by atoms with Crippen molar-refractivity contribution in [2.24, 2.45) is 11.3 Å². The second-order valence-corrected chi connectivity index (χ2v) is 7.21. The van der Waals surface area contributed by atoms with E-state index in [2.05, 4.69) is 31.0 Å². The Kier molecular flexibility index (Phi) is 4.37. The fourth-order valence-electron chi connectivity index (χ4n) is 4.09. The van der Waals surface area contributed by atoms with E-state index in [1.165, 1.54) is 6.42 Å². The van der Waals surface area contributed by atoms with Crippen LogP contribution in [-0.4, -0.2) is 47.1 Å². The smallest absolute Gasteiger partial charge is 0.305 e. The van der Waals surface area contributed by atoms with Gasteiger partial charge in [-0.15, -0.1) is 0 Å². The van der Waals surface area contributed by atoms with Crippen molar-refractivity contribution in [1.29, 1.82) is 0 Å². The molecule has 114 valence electrons. The van der Waals surface area contributed by atoms with Gasteiger partial charge in [0, 0.05) is 19.1 Å². The lowest BCUT2D eigenvalue weighted by atomic mass is 9.70. The first-order chi connectivity index (χ1) is 9.28. The van der Waals surface area contributed by atoms with Crippen LogP contribution in [0.3, 0.4) is 0 Å². The molecule has 5 heteroatoms. The maximum absolute atomic E-state index is 12.0. The Morgan fingerprint density at radius 2 is 2.15 bits per heavy atom. The van der Waals surface area contributed by atoms with Crippen molar-refractivity contribution in [2.45, 2.75) is 58.5 Å². The van der Waals surface area contributed by atoms with Gasteiger partial charge in [0.25, 0.3) is 0 Å². The molecule has 0 aromatic rings. The molecule has 2 N–H and O–H groups in total. The fourth-order valence-corrected chi connectivity index (χ4v) is 4.09. The van der Waals surface area contributed by atoms with Crippen LogP contribution in [0.5, 0.6) is 0 Å². The number of carboxylic acid groups (broad SMARTS) is 1. The van der Waals surface area contributed by atoms with E-state index in [1.807, 2.05) is 0 Å². The molecule has 3 unspecified atom stereocenters. The largest absolute Gasteiger partial charge is 0.481 e. The maximum Gasteiger partial charge on any atom is 0.305 e. The summed E-state index contributed by atoms with van der Waals surface area (Å²) in [7, 11) is 0. The molecular formula is C15H26N2O3. The monoisotopic (exact) mass is 282 g/mol. The van der Waals surface area contributed by atoms with Crippen molar-refractivity contribution in [2.75, 3.05) is 13.1 Å². The Labute approximate surface area is 120 Å². The Balaban J connectivity index is 2.14. The lowest BCUT2D eigenvalue weighted by Gasteiger charge is -2.47. The highest BCUT2D eigenvalue weighted by atomic mass is 16.4. The predicted molar refractivity (Wildman–Crippen MR) is 76.3 cm³/mol. The van der Waals surface area contributed by atoms with Gasteiger partial charge in [-0.25, -0.2) is 0 Å². The third kappa shape index (κ3) is 3.51. The summed E-state index contributed by atoms with van der Waals surface area (Å²) < 4.78 is 0. The fraction of sp³-hybridized carbons (Fsp3) is 0.867. The number of rotatable bonds is 3. The quantitative estimate of drug-likeness (QED) is 0.822. The van der Waals surface area contributed by atoms with E-state index >= 15 is 0 Å². The van der Waals surface area contributed by atoms with Gasteiger partial charge >= 0.3 is 5.97 Å². The Bertz CT molecular complexity index is 395. The third-order valence-electron chi connectivity index (χ3n) is 4.57. The number of hydrogen-bond donors (Lipinski definition) is 2. The minimum atomic E-state index is -0.903. The van der Waals surface area contributed by atoms with E-state index in [4.69, 9.17) is 5.11 Å².